The van der Waals surface area contributed by atoms with Gasteiger partial charge < -0.3 is 5.32 Å². The molecule has 1 fully saturated rings. The van der Waals surface area contributed by atoms with Crippen LogP contribution in [0.1, 0.15) is 18.4 Å². The zero-order valence-electron chi connectivity index (χ0n) is 17.1. The number of benzene rings is 2. The van der Waals surface area contributed by atoms with Crippen LogP contribution >= 0.6 is 23.2 Å². The van der Waals surface area contributed by atoms with Crippen molar-refractivity contribution in [1.29, 1.82) is 0 Å². The molecule has 4 rings (SSSR count). The Morgan fingerprint density at radius 3 is 2.66 bits per heavy atom. The lowest BCUT2D eigenvalue weighted by Gasteiger charge is -2.31. The molecular formula is C22H22Cl2N4O3S. The van der Waals surface area contributed by atoms with Gasteiger partial charge in [0.1, 0.15) is 5.82 Å². The molecule has 3 aromatic rings. The fourth-order valence-corrected chi connectivity index (χ4v) is 5.67. The molecule has 1 aliphatic heterocycles. The molecular weight excluding hydrogens is 471 g/mol. The molecule has 2 aromatic carbocycles. The molecule has 7 nitrogen and oxygen atoms in total. The van der Waals surface area contributed by atoms with Crippen molar-refractivity contribution in [2.45, 2.75) is 24.3 Å². The lowest BCUT2D eigenvalue weighted by molar-refractivity contribution is -0.120. The summed E-state index contributed by atoms with van der Waals surface area (Å²) in [5, 5.41) is 8.05. The van der Waals surface area contributed by atoms with Gasteiger partial charge >= 0.3 is 0 Å². The Labute approximate surface area is 197 Å². The van der Waals surface area contributed by atoms with E-state index in [0.29, 0.717) is 41.8 Å². The van der Waals surface area contributed by atoms with Crippen molar-refractivity contribution in [2.75, 3.05) is 18.4 Å². The number of piperidine rings is 1. The molecule has 32 heavy (non-hydrogen) atoms. The molecule has 1 N–H and O–H groups in total. The third-order valence-corrected chi connectivity index (χ3v) is 8.19. The second-order valence-corrected chi connectivity index (χ2v) is 10.3. The van der Waals surface area contributed by atoms with Gasteiger partial charge in [-0.1, -0.05) is 53.5 Å². The number of rotatable bonds is 6. The van der Waals surface area contributed by atoms with E-state index in [0.717, 1.165) is 5.56 Å². The zero-order chi connectivity index (χ0) is 22.7. The summed E-state index contributed by atoms with van der Waals surface area (Å²) in [6, 6.07) is 15.3. The number of halogens is 2. The first-order valence-electron chi connectivity index (χ1n) is 10.2. The van der Waals surface area contributed by atoms with Crippen molar-refractivity contribution in [3.63, 3.8) is 0 Å². The van der Waals surface area contributed by atoms with E-state index in [-0.39, 0.29) is 17.3 Å². The number of hydrogen-bond acceptors (Lipinski definition) is 4. The Morgan fingerprint density at radius 2 is 1.88 bits per heavy atom. The van der Waals surface area contributed by atoms with E-state index in [1.165, 1.54) is 4.31 Å². The van der Waals surface area contributed by atoms with Gasteiger partial charge in [-0.3, -0.25) is 4.79 Å². The second kappa shape index (κ2) is 9.62. The molecule has 2 heterocycles. The van der Waals surface area contributed by atoms with Gasteiger partial charge in [-0.25, -0.2) is 13.1 Å². The first-order chi connectivity index (χ1) is 15.4. The van der Waals surface area contributed by atoms with Crippen LogP contribution in [0.3, 0.4) is 0 Å². The van der Waals surface area contributed by atoms with Crippen LogP contribution < -0.4 is 5.32 Å². The number of nitrogens with zero attached hydrogens (tertiary/aromatic N) is 3. The highest BCUT2D eigenvalue weighted by Crippen LogP contribution is 2.27. The fourth-order valence-electron chi connectivity index (χ4n) is 3.74. The van der Waals surface area contributed by atoms with Crippen LogP contribution in [0.25, 0.3) is 0 Å². The quantitative estimate of drug-likeness (QED) is 0.556. The maximum atomic E-state index is 13.0. The largest absolute Gasteiger partial charge is 0.311 e. The average Bonchev–Trinajstić information content (AvgIpc) is 3.24. The van der Waals surface area contributed by atoms with Crippen molar-refractivity contribution < 1.29 is 13.2 Å². The summed E-state index contributed by atoms with van der Waals surface area (Å²) in [6.07, 6.45) is 2.81. The van der Waals surface area contributed by atoms with E-state index in [9.17, 15) is 13.2 Å². The van der Waals surface area contributed by atoms with Gasteiger partial charge in [0, 0.05) is 19.2 Å². The molecule has 1 aromatic heterocycles. The minimum atomic E-state index is -3.64. The number of nitrogens with one attached hydrogen (secondary N) is 1. The smallest absolute Gasteiger partial charge is 0.243 e. The Balaban J connectivity index is 1.46. The molecule has 0 spiro atoms. The zero-order valence-corrected chi connectivity index (χ0v) is 19.4. The van der Waals surface area contributed by atoms with Crippen molar-refractivity contribution in [1.82, 2.24) is 14.1 Å². The minimum Gasteiger partial charge on any atom is -0.311 e. The Hall–Kier alpha value is -2.39. The molecule has 1 aliphatic rings. The van der Waals surface area contributed by atoms with Gasteiger partial charge in [0.2, 0.25) is 15.9 Å². The molecule has 1 atom stereocenters. The standard InChI is InChI=1S/C22H22Cl2N4O3S/c23-19-10-4-6-16(21(19)24)15-28-20(11-12-25-28)26-22(29)17-7-5-13-27(14-17)32(30,31)18-8-2-1-3-9-18/h1-4,6,8-12,17H,5,7,13-15H2,(H,26,29). The number of hydrogen-bond donors (Lipinski definition) is 1. The van der Waals surface area contributed by atoms with Crippen LogP contribution in [-0.2, 0) is 21.4 Å². The number of amides is 1. The molecule has 1 amide bonds. The molecule has 0 bridgehead atoms. The van der Waals surface area contributed by atoms with E-state index < -0.39 is 15.9 Å². The first kappa shape index (κ1) is 22.8. The summed E-state index contributed by atoms with van der Waals surface area (Å²) in [5.74, 6) is -0.189. The van der Waals surface area contributed by atoms with E-state index in [1.54, 1.807) is 59.4 Å². The van der Waals surface area contributed by atoms with Gasteiger partial charge in [0.05, 0.1) is 33.6 Å². The van der Waals surface area contributed by atoms with E-state index in [1.807, 2.05) is 6.07 Å². The SMILES string of the molecule is O=C(Nc1ccnn1Cc1cccc(Cl)c1Cl)C1CCCN(S(=O)(=O)c2ccccc2)C1. The normalized spacial score (nSPS) is 17.2. The lowest BCUT2D eigenvalue weighted by Crippen LogP contribution is -2.43. The molecule has 10 heteroatoms. The highest BCUT2D eigenvalue weighted by Gasteiger charge is 2.33. The summed E-state index contributed by atoms with van der Waals surface area (Å²) in [6.45, 7) is 0.866. The third-order valence-electron chi connectivity index (χ3n) is 5.46. The predicted molar refractivity (Wildman–Crippen MR) is 124 cm³/mol. The minimum absolute atomic E-state index is 0.136. The van der Waals surface area contributed by atoms with E-state index in [2.05, 4.69) is 10.4 Å². The highest BCUT2D eigenvalue weighted by molar-refractivity contribution is 7.89. The number of anilines is 1. The van der Waals surface area contributed by atoms with Crippen LogP contribution in [0.2, 0.25) is 10.0 Å². The summed E-state index contributed by atoms with van der Waals surface area (Å²) >= 11 is 12.4. The first-order valence-corrected chi connectivity index (χ1v) is 12.4. The average molecular weight is 493 g/mol. The van der Waals surface area contributed by atoms with Gasteiger partial charge in [-0.2, -0.15) is 9.40 Å². The molecule has 1 saturated heterocycles. The van der Waals surface area contributed by atoms with Crippen molar-refractivity contribution in [2.24, 2.45) is 5.92 Å². The molecule has 0 saturated carbocycles. The summed E-state index contributed by atoms with van der Waals surface area (Å²) in [5.41, 5.74) is 0.774. The topological polar surface area (TPSA) is 84.3 Å². The van der Waals surface area contributed by atoms with Crippen molar-refractivity contribution >= 4 is 45.0 Å². The fraction of sp³-hybridized carbons (Fsp3) is 0.273. The van der Waals surface area contributed by atoms with Crippen LogP contribution in [0.15, 0.2) is 65.7 Å². The number of aromatic nitrogens is 2. The summed E-state index contributed by atoms with van der Waals surface area (Å²) in [7, 11) is -3.64. The van der Waals surface area contributed by atoms with Crippen molar-refractivity contribution in [3.05, 3.63) is 76.4 Å². The Kier molecular flexibility index (Phi) is 6.85. The summed E-state index contributed by atoms with van der Waals surface area (Å²) < 4.78 is 28.9. The third kappa shape index (κ3) is 4.83. The Bertz CT molecular complexity index is 1210. The number of carbonyl (C=O) groups is 1. The van der Waals surface area contributed by atoms with Crippen LogP contribution in [0, 0.1) is 5.92 Å². The second-order valence-electron chi connectivity index (χ2n) is 7.59. The van der Waals surface area contributed by atoms with Crippen LogP contribution in [0.4, 0.5) is 5.82 Å². The lowest BCUT2D eigenvalue weighted by atomic mass is 9.99. The van der Waals surface area contributed by atoms with E-state index in [4.69, 9.17) is 23.2 Å². The van der Waals surface area contributed by atoms with E-state index >= 15 is 0 Å². The van der Waals surface area contributed by atoms with Gasteiger partial charge in [0.15, 0.2) is 0 Å². The van der Waals surface area contributed by atoms with Crippen LogP contribution in [0.5, 0.6) is 0 Å². The maximum Gasteiger partial charge on any atom is 0.243 e. The van der Waals surface area contributed by atoms with Gasteiger partial charge in [-0.15, -0.1) is 0 Å². The molecule has 0 aliphatic carbocycles. The monoisotopic (exact) mass is 492 g/mol. The molecule has 168 valence electrons. The Morgan fingerprint density at radius 1 is 1.09 bits per heavy atom. The van der Waals surface area contributed by atoms with Crippen LogP contribution in [-0.4, -0.2) is 41.5 Å². The van der Waals surface area contributed by atoms with Crippen molar-refractivity contribution in [3.8, 4) is 0 Å². The molecule has 0 radical (unpaired) electrons. The molecule has 1 unspecified atom stereocenters. The van der Waals surface area contributed by atoms with Gasteiger partial charge in [-0.05, 0) is 36.6 Å². The summed E-state index contributed by atoms with van der Waals surface area (Å²) in [4.78, 5) is 13.2. The number of carbonyl (C=O) groups excluding carboxylic acids is 1. The van der Waals surface area contributed by atoms with Gasteiger partial charge in [0.25, 0.3) is 0 Å². The number of sulfonamides is 1. The highest BCUT2D eigenvalue weighted by atomic mass is 35.5. The predicted octanol–water partition coefficient (Wildman–Crippen LogP) is 4.28. The maximum absolute atomic E-state index is 13.0.